The van der Waals surface area contributed by atoms with Crippen molar-refractivity contribution < 1.29 is 10.2 Å². The molecule has 1 aliphatic rings. The summed E-state index contributed by atoms with van der Waals surface area (Å²) in [6.07, 6.45) is 4.69. The van der Waals surface area contributed by atoms with Gasteiger partial charge in [-0.2, -0.15) is 0 Å². The Labute approximate surface area is 109 Å². The highest BCUT2D eigenvalue weighted by molar-refractivity contribution is 5.28. The van der Waals surface area contributed by atoms with Gasteiger partial charge in [0.15, 0.2) is 0 Å². The van der Waals surface area contributed by atoms with E-state index in [4.69, 9.17) is 5.11 Å². The van der Waals surface area contributed by atoms with Crippen LogP contribution in [0, 0.1) is 0 Å². The maximum absolute atomic E-state index is 9.29. The van der Waals surface area contributed by atoms with E-state index in [2.05, 4.69) is 5.32 Å². The zero-order chi connectivity index (χ0) is 13.0. The van der Waals surface area contributed by atoms with Gasteiger partial charge < -0.3 is 15.5 Å². The molecule has 0 aliphatic heterocycles. The van der Waals surface area contributed by atoms with Gasteiger partial charge in [0.2, 0.25) is 0 Å². The molecule has 1 aliphatic carbocycles. The summed E-state index contributed by atoms with van der Waals surface area (Å²) in [5, 5.41) is 21.8. The van der Waals surface area contributed by atoms with E-state index in [1.165, 1.54) is 18.4 Å². The SMILES string of the molecule is C[C@H](CO)NC1CCC(c2ccc(O)cc2)CC1. The van der Waals surface area contributed by atoms with Gasteiger partial charge in [0.25, 0.3) is 0 Å². The fourth-order valence-corrected chi connectivity index (χ4v) is 2.79. The summed E-state index contributed by atoms with van der Waals surface area (Å²) in [6.45, 7) is 2.23. The molecule has 0 heterocycles. The smallest absolute Gasteiger partial charge is 0.115 e. The van der Waals surface area contributed by atoms with Crippen molar-refractivity contribution in [2.24, 2.45) is 0 Å². The molecule has 1 atom stereocenters. The largest absolute Gasteiger partial charge is 0.508 e. The highest BCUT2D eigenvalue weighted by atomic mass is 16.3. The van der Waals surface area contributed by atoms with Crippen molar-refractivity contribution in [2.75, 3.05) is 6.61 Å². The Kier molecular flexibility index (Phi) is 4.61. The molecule has 3 N–H and O–H groups in total. The van der Waals surface area contributed by atoms with Gasteiger partial charge in [-0.25, -0.2) is 0 Å². The lowest BCUT2D eigenvalue weighted by atomic mass is 9.81. The molecule has 0 spiro atoms. The average Bonchev–Trinajstić information content (AvgIpc) is 2.40. The number of phenols is 1. The van der Waals surface area contributed by atoms with Gasteiger partial charge in [-0.1, -0.05) is 12.1 Å². The van der Waals surface area contributed by atoms with E-state index in [0.717, 1.165) is 12.8 Å². The molecule has 1 aromatic carbocycles. The number of benzene rings is 1. The van der Waals surface area contributed by atoms with Crippen LogP contribution in [0.5, 0.6) is 5.75 Å². The van der Waals surface area contributed by atoms with Crippen molar-refractivity contribution in [1.29, 1.82) is 0 Å². The molecule has 0 amide bonds. The van der Waals surface area contributed by atoms with E-state index in [0.29, 0.717) is 17.7 Å². The molecule has 0 radical (unpaired) electrons. The number of aliphatic hydroxyl groups is 1. The molecule has 0 unspecified atom stereocenters. The number of hydrogen-bond acceptors (Lipinski definition) is 3. The molecule has 1 aromatic rings. The van der Waals surface area contributed by atoms with Crippen LogP contribution in [0.15, 0.2) is 24.3 Å². The third-order valence-corrected chi connectivity index (χ3v) is 3.89. The summed E-state index contributed by atoms with van der Waals surface area (Å²) in [5.41, 5.74) is 1.33. The molecule has 18 heavy (non-hydrogen) atoms. The summed E-state index contributed by atoms with van der Waals surface area (Å²) in [4.78, 5) is 0. The standard InChI is InChI=1S/C15H23NO2/c1-11(10-17)16-14-6-2-12(3-7-14)13-4-8-15(18)9-5-13/h4-5,8-9,11-12,14,16-18H,2-3,6-7,10H2,1H3/t11-,12?,14?/m1/s1. The first-order valence-corrected chi connectivity index (χ1v) is 6.85. The zero-order valence-corrected chi connectivity index (χ0v) is 11.0. The summed E-state index contributed by atoms with van der Waals surface area (Å²) in [6, 6.07) is 8.34. The van der Waals surface area contributed by atoms with Crippen LogP contribution in [-0.2, 0) is 0 Å². The van der Waals surface area contributed by atoms with Gasteiger partial charge in [-0.15, -0.1) is 0 Å². The van der Waals surface area contributed by atoms with Crippen molar-refractivity contribution in [3.05, 3.63) is 29.8 Å². The maximum Gasteiger partial charge on any atom is 0.115 e. The van der Waals surface area contributed by atoms with Crippen LogP contribution in [-0.4, -0.2) is 28.9 Å². The van der Waals surface area contributed by atoms with Crippen LogP contribution in [0.2, 0.25) is 0 Å². The average molecular weight is 249 g/mol. The third kappa shape index (κ3) is 3.47. The second-order valence-corrected chi connectivity index (χ2v) is 5.39. The van der Waals surface area contributed by atoms with Gasteiger partial charge in [0, 0.05) is 12.1 Å². The van der Waals surface area contributed by atoms with Crippen molar-refractivity contribution in [2.45, 2.75) is 50.6 Å². The normalized spacial score (nSPS) is 25.9. The molecule has 0 bridgehead atoms. The van der Waals surface area contributed by atoms with E-state index in [1.54, 1.807) is 12.1 Å². The van der Waals surface area contributed by atoms with Crippen LogP contribution in [0.3, 0.4) is 0 Å². The van der Waals surface area contributed by atoms with E-state index in [1.807, 2.05) is 19.1 Å². The molecular formula is C15H23NO2. The van der Waals surface area contributed by atoms with E-state index in [9.17, 15) is 5.11 Å². The Morgan fingerprint density at radius 3 is 2.33 bits per heavy atom. The van der Waals surface area contributed by atoms with Gasteiger partial charge >= 0.3 is 0 Å². The number of nitrogens with one attached hydrogen (secondary N) is 1. The van der Waals surface area contributed by atoms with E-state index >= 15 is 0 Å². The molecule has 100 valence electrons. The summed E-state index contributed by atoms with van der Waals surface area (Å²) < 4.78 is 0. The lowest BCUT2D eigenvalue weighted by Gasteiger charge is -2.31. The molecule has 2 rings (SSSR count). The maximum atomic E-state index is 9.29. The minimum atomic E-state index is 0.195. The predicted octanol–water partition coefficient (Wildman–Crippen LogP) is 2.39. The molecular weight excluding hydrogens is 226 g/mol. The first kappa shape index (κ1) is 13.4. The van der Waals surface area contributed by atoms with Crippen LogP contribution >= 0.6 is 0 Å². The number of rotatable bonds is 4. The Morgan fingerprint density at radius 2 is 1.78 bits per heavy atom. The minimum absolute atomic E-state index is 0.195. The fourth-order valence-electron chi connectivity index (χ4n) is 2.79. The second kappa shape index (κ2) is 6.21. The second-order valence-electron chi connectivity index (χ2n) is 5.39. The van der Waals surface area contributed by atoms with Crippen LogP contribution in [0.4, 0.5) is 0 Å². The quantitative estimate of drug-likeness (QED) is 0.768. The minimum Gasteiger partial charge on any atom is -0.508 e. The summed E-state index contributed by atoms with van der Waals surface area (Å²) in [7, 11) is 0. The monoisotopic (exact) mass is 249 g/mol. The first-order valence-electron chi connectivity index (χ1n) is 6.85. The van der Waals surface area contributed by atoms with Gasteiger partial charge in [0.05, 0.1) is 6.61 Å². The topological polar surface area (TPSA) is 52.5 Å². The van der Waals surface area contributed by atoms with Crippen LogP contribution in [0.1, 0.15) is 44.1 Å². The molecule has 3 heteroatoms. The Balaban J connectivity index is 1.84. The lowest BCUT2D eigenvalue weighted by molar-refractivity contribution is 0.224. The molecule has 1 saturated carbocycles. The molecule has 1 fully saturated rings. The van der Waals surface area contributed by atoms with Gasteiger partial charge in [-0.05, 0) is 56.2 Å². The number of aromatic hydroxyl groups is 1. The number of phenolic OH excluding ortho intramolecular Hbond substituents is 1. The Hall–Kier alpha value is -1.06. The van der Waals surface area contributed by atoms with Crippen molar-refractivity contribution >= 4 is 0 Å². The predicted molar refractivity (Wildman–Crippen MR) is 72.8 cm³/mol. The number of hydrogen-bond donors (Lipinski definition) is 3. The zero-order valence-electron chi connectivity index (χ0n) is 11.0. The molecule has 0 saturated heterocycles. The Bertz CT molecular complexity index is 355. The van der Waals surface area contributed by atoms with Crippen LogP contribution < -0.4 is 5.32 Å². The van der Waals surface area contributed by atoms with E-state index < -0.39 is 0 Å². The van der Waals surface area contributed by atoms with Gasteiger partial charge in [-0.3, -0.25) is 0 Å². The van der Waals surface area contributed by atoms with Gasteiger partial charge in [0.1, 0.15) is 5.75 Å². The Morgan fingerprint density at radius 1 is 1.17 bits per heavy atom. The first-order chi connectivity index (χ1) is 8.69. The van der Waals surface area contributed by atoms with Crippen molar-refractivity contribution in [1.82, 2.24) is 5.32 Å². The summed E-state index contributed by atoms with van der Waals surface area (Å²) >= 11 is 0. The van der Waals surface area contributed by atoms with Crippen molar-refractivity contribution in [3.63, 3.8) is 0 Å². The van der Waals surface area contributed by atoms with Crippen molar-refractivity contribution in [3.8, 4) is 5.75 Å². The highest BCUT2D eigenvalue weighted by Crippen LogP contribution is 2.33. The molecule has 0 aromatic heterocycles. The number of aliphatic hydroxyl groups excluding tert-OH is 1. The fraction of sp³-hybridized carbons (Fsp3) is 0.600. The summed E-state index contributed by atoms with van der Waals surface area (Å²) in [5.74, 6) is 0.957. The third-order valence-electron chi connectivity index (χ3n) is 3.89. The highest BCUT2D eigenvalue weighted by Gasteiger charge is 2.22. The van der Waals surface area contributed by atoms with E-state index in [-0.39, 0.29) is 12.6 Å². The lowest BCUT2D eigenvalue weighted by Crippen LogP contribution is -2.40. The van der Waals surface area contributed by atoms with Crippen LogP contribution in [0.25, 0.3) is 0 Å². The molecule has 3 nitrogen and oxygen atoms in total.